The molecule has 20 heavy (non-hydrogen) atoms. The predicted molar refractivity (Wildman–Crippen MR) is 78.5 cm³/mol. The van der Waals surface area contributed by atoms with Gasteiger partial charge in [0.15, 0.2) is 0 Å². The highest BCUT2D eigenvalue weighted by Crippen LogP contribution is 2.35. The van der Waals surface area contributed by atoms with E-state index in [1.165, 1.54) is 0 Å². The van der Waals surface area contributed by atoms with Crippen molar-refractivity contribution in [3.8, 4) is 0 Å². The number of carboxylic acids is 1. The second kappa shape index (κ2) is 7.62. The Kier molecular flexibility index (Phi) is 6.46. The first-order valence-electron chi connectivity index (χ1n) is 7.68. The van der Waals surface area contributed by atoms with Crippen LogP contribution in [0.15, 0.2) is 0 Å². The fourth-order valence-corrected chi connectivity index (χ4v) is 3.09. The van der Waals surface area contributed by atoms with Crippen LogP contribution in [0.3, 0.4) is 0 Å². The number of likely N-dealkylation sites (tertiary alicyclic amines) is 1. The number of nitrogens with zero attached hydrogens (tertiary/aromatic N) is 1. The van der Waals surface area contributed by atoms with E-state index in [4.69, 9.17) is 0 Å². The Morgan fingerprint density at radius 2 is 2.05 bits per heavy atom. The van der Waals surface area contributed by atoms with Crippen LogP contribution < -0.4 is 5.32 Å². The summed E-state index contributed by atoms with van der Waals surface area (Å²) in [5.74, 6) is -0.717. The molecule has 1 heterocycles. The van der Waals surface area contributed by atoms with Crippen LogP contribution in [0.2, 0.25) is 0 Å². The fraction of sp³-hybridized carbons (Fsp3) is 0.867. The summed E-state index contributed by atoms with van der Waals surface area (Å²) >= 11 is 0. The van der Waals surface area contributed by atoms with Gasteiger partial charge in [-0.25, -0.2) is 0 Å². The molecule has 2 atom stereocenters. The second-order valence-corrected chi connectivity index (χ2v) is 6.05. The van der Waals surface area contributed by atoms with Gasteiger partial charge in [0.25, 0.3) is 0 Å². The molecule has 0 aromatic heterocycles. The topological polar surface area (TPSA) is 69.6 Å². The van der Waals surface area contributed by atoms with Crippen LogP contribution in [0, 0.1) is 5.41 Å². The number of rotatable bonds is 8. The van der Waals surface area contributed by atoms with Crippen LogP contribution in [0.5, 0.6) is 0 Å². The first kappa shape index (κ1) is 17.0. The second-order valence-electron chi connectivity index (χ2n) is 6.05. The predicted octanol–water partition coefficient (Wildman–Crippen LogP) is 1.87. The van der Waals surface area contributed by atoms with Crippen LogP contribution in [0.25, 0.3) is 0 Å². The van der Waals surface area contributed by atoms with Crippen LogP contribution in [-0.2, 0) is 9.59 Å². The molecular weight excluding hydrogens is 256 g/mol. The molecule has 1 saturated heterocycles. The summed E-state index contributed by atoms with van der Waals surface area (Å²) in [5.41, 5.74) is -0.649. The average molecular weight is 284 g/mol. The lowest BCUT2D eigenvalue weighted by atomic mass is 9.83. The Morgan fingerprint density at radius 1 is 1.35 bits per heavy atom. The molecule has 1 aliphatic rings. The van der Waals surface area contributed by atoms with Crippen LogP contribution in [-0.4, -0.2) is 47.6 Å². The van der Waals surface area contributed by atoms with Crippen molar-refractivity contribution in [2.45, 2.75) is 58.9 Å². The first-order valence-corrected chi connectivity index (χ1v) is 7.68. The Balaban J connectivity index is 2.47. The molecule has 116 valence electrons. The molecule has 5 nitrogen and oxygen atoms in total. The maximum atomic E-state index is 11.9. The molecule has 2 N–H and O–H groups in total. The Bertz CT molecular complexity index is 346. The number of aliphatic carboxylic acids is 1. The number of carbonyl (C=O) groups is 2. The zero-order valence-electron chi connectivity index (χ0n) is 12.9. The summed E-state index contributed by atoms with van der Waals surface area (Å²) < 4.78 is 0. The Labute approximate surface area is 121 Å². The monoisotopic (exact) mass is 284 g/mol. The molecule has 0 aromatic carbocycles. The van der Waals surface area contributed by atoms with Crippen molar-refractivity contribution in [3.63, 3.8) is 0 Å². The fourth-order valence-electron chi connectivity index (χ4n) is 3.09. The average Bonchev–Trinajstić information content (AvgIpc) is 2.74. The SMILES string of the molecule is CCCC(C)NC(=O)CN1CCC(CCC)(C(=O)O)C1. The summed E-state index contributed by atoms with van der Waals surface area (Å²) in [6.45, 7) is 7.60. The third kappa shape index (κ3) is 4.47. The van der Waals surface area contributed by atoms with Crippen LogP contribution in [0.1, 0.15) is 52.9 Å². The highest BCUT2D eigenvalue weighted by Gasteiger charge is 2.44. The summed E-state index contributed by atoms with van der Waals surface area (Å²) in [6, 6.07) is 0.190. The third-order valence-electron chi connectivity index (χ3n) is 4.11. The lowest BCUT2D eigenvalue weighted by molar-refractivity contribution is -0.148. The minimum absolute atomic E-state index is 0.00337. The summed E-state index contributed by atoms with van der Waals surface area (Å²) in [7, 11) is 0. The lowest BCUT2D eigenvalue weighted by Gasteiger charge is -2.24. The van der Waals surface area contributed by atoms with Gasteiger partial charge in [0.1, 0.15) is 0 Å². The number of carboxylic acid groups (broad SMARTS) is 1. The summed E-state index contributed by atoms with van der Waals surface area (Å²) in [4.78, 5) is 25.4. The largest absolute Gasteiger partial charge is 0.481 e. The molecule has 1 rings (SSSR count). The van der Waals surface area contributed by atoms with E-state index >= 15 is 0 Å². The zero-order valence-corrected chi connectivity index (χ0v) is 12.9. The molecule has 0 spiro atoms. The maximum Gasteiger partial charge on any atom is 0.310 e. The molecule has 1 aliphatic heterocycles. The standard InChI is InChI=1S/C15H28N2O3/c1-4-6-12(3)16-13(18)10-17-9-8-15(11-17,7-5-2)14(19)20/h12H,4-11H2,1-3H3,(H,16,18)(H,19,20). The quantitative estimate of drug-likeness (QED) is 0.714. The summed E-state index contributed by atoms with van der Waals surface area (Å²) in [5, 5.41) is 12.4. The van der Waals surface area contributed by atoms with E-state index in [9.17, 15) is 14.7 Å². The number of carbonyl (C=O) groups excluding carboxylic acids is 1. The molecule has 0 aliphatic carbocycles. The van der Waals surface area contributed by atoms with Crippen LogP contribution in [0.4, 0.5) is 0 Å². The smallest absolute Gasteiger partial charge is 0.310 e. The summed E-state index contributed by atoms with van der Waals surface area (Å²) in [6.07, 6.45) is 4.21. The molecule has 0 aromatic rings. The van der Waals surface area contributed by atoms with Crippen molar-refractivity contribution in [3.05, 3.63) is 0 Å². The van der Waals surface area contributed by atoms with Gasteiger partial charge < -0.3 is 10.4 Å². The van der Waals surface area contributed by atoms with Gasteiger partial charge in [0.2, 0.25) is 5.91 Å². The Hall–Kier alpha value is -1.10. The molecule has 1 amide bonds. The number of hydrogen-bond acceptors (Lipinski definition) is 3. The van der Waals surface area contributed by atoms with E-state index in [2.05, 4.69) is 12.2 Å². The van der Waals surface area contributed by atoms with Gasteiger partial charge in [-0.3, -0.25) is 14.5 Å². The first-order chi connectivity index (χ1) is 9.43. The van der Waals surface area contributed by atoms with E-state index < -0.39 is 11.4 Å². The molecule has 0 bridgehead atoms. The van der Waals surface area contributed by atoms with E-state index in [0.717, 1.165) is 19.3 Å². The van der Waals surface area contributed by atoms with Gasteiger partial charge in [0.05, 0.1) is 12.0 Å². The number of nitrogens with one attached hydrogen (secondary N) is 1. The van der Waals surface area contributed by atoms with Crippen molar-refractivity contribution in [1.29, 1.82) is 0 Å². The third-order valence-corrected chi connectivity index (χ3v) is 4.11. The normalized spacial score (nSPS) is 24.6. The van der Waals surface area contributed by atoms with E-state index in [1.807, 2.05) is 18.7 Å². The van der Waals surface area contributed by atoms with Gasteiger partial charge in [-0.2, -0.15) is 0 Å². The van der Waals surface area contributed by atoms with Crippen molar-refractivity contribution in [1.82, 2.24) is 10.2 Å². The van der Waals surface area contributed by atoms with E-state index in [0.29, 0.717) is 32.5 Å². The minimum atomic E-state index is -0.721. The van der Waals surface area contributed by atoms with Crippen molar-refractivity contribution in [2.24, 2.45) is 5.41 Å². The molecule has 2 unspecified atom stereocenters. The van der Waals surface area contributed by atoms with E-state index in [1.54, 1.807) is 0 Å². The minimum Gasteiger partial charge on any atom is -0.481 e. The van der Waals surface area contributed by atoms with Gasteiger partial charge in [-0.05, 0) is 32.7 Å². The molecule has 0 saturated carbocycles. The number of amides is 1. The van der Waals surface area contributed by atoms with Crippen LogP contribution >= 0.6 is 0 Å². The molecule has 0 radical (unpaired) electrons. The van der Waals surface area contributed by atoms with Gasteiger partial charge in [-0.1, -0.05) is 26.7 Å². The zero-order chi connectivity index (χ0) is 15.2. The maximum absolute atomic E-state index is 11.9. The van der Waals surface area contributed by atoms with Crippen molar-refractivity contribution >= 4 is 11.9 Å². The highest BCUT2D eigenvalue weighted by atomic mass is 16.4. The Morgan fingerprint density at radius 3 is 2.60 bits per heavy atom. The molecular formula is C15H28N2O3. The van der Waals surface area contributed by atoms with Gasteiger partial charge in [0, 0.05) is 12.6 Å². The van der Waals surface area contributed by atoms with Gasteiger partial charge in [-0.15, -0.1) is 0 Å². The number of hydrogen-bond donors (Lipinski definition) is 2. The molecule has 1 fully saturated rings. The van der Waals surface area contributed by atoms with Crippen molar-refractivity contribution in [2.75, 3.05) is 19.6 Å². The van der Waals surface area contributed by atoms with E-state index in [-0.39, 0.29) is 11.9 Å². The molecule has 5 heteroatoms. The van der Waals surface area contributed by atoms with Gasteiger partial charge >= 0.3 is 5.97 Å². The lowest BCUT2D eigenvalue weighted by Crippen LogP contribution is -2.42. The highest BCUT2D eigenvalue weighted by molar-refractivity contribution is 5.79. The van der Waals surface area contributed by atoms with Crippen molar-refractivity contribution < 1.29 is 14.7 Å².